The van der Waals surface area contributed by atoms with Crippen LogP contribution in [0.5, 0.6) is 5.75 Å². The standard InChI is InChI=1S/C22H29NO4/c1-16(24)14-22(23,15-17(2)25)12-13-27-20-10-8-19(9-11-20)21(26)18-6-4-3-5-7-18/h3-11,16-17,24-25H,12-15,23H2,1-2H3. The van der Waals surface area contributed by atoms with Gasteiger partial charge in [-0.3, -0.25) is 4.79 Å². The summed E-state index contributed by atoms with van der Waals surface area (Å²) < 4.78 is 5.75. The fourth-order valence-corrected chi connectivity index (χ4v) is 3.29. The summed E-state index contributed by atoms with van der Waals surface area (Å²) in [6, 6.07) is 16.1. The molecule has 0 saturated heterocycles. The van der Waals surface area contributed by atoms with Crippen LogP contribution in [0.15, 0.2) is 54.6 Å². The molecule has 27 heavy (non-hydrogen) atoms. The van der Waals surface area contributed by atoms with Crippen molar-refractivity contribution in [2.75, 3.05) is 6.61 Å². The second-order valence-electron chi connectivity index (χ2n) is 7.29. The first-order chi connectivity index (χ1) is 12.8. The lowest BCUT2D eigenvalue weighted by atomic mass is 9.85. The molecular formula is C22H29NO4. The third-order valence-corrected chi connectivity index (χ3v) is 4.43. The predicted octanol–water partition coefficient (Wildman–Crippen LogP) is 2.93. The lowest BCUT2D eigenvalue weighted by Gasteiger charge is -2.32. The zero-order chi connectivity index (χ0) is 19.9. The Labute approximate surface area is 160 Å². The van der Waals surface area contributed by atoms with Crippen molar-refractivity contribution in [1.29, 1.82) is 0 Å². The number of carbonyl (C=O) groups excluding carboxylic acids is 1. The SMILES string of the molecule is CC(O)CC(N)(CCOc1ccc(C(=O)c2ccccc2)cc1)CC(C)O. The van der Waals surface area contributed by atoms with Gasteiger partial charge in [0.25, 0.3) is 0 Å². The summed E-state index contributed by atoms with van der Waals surface area (Å²) in [5, 5.41) is 19.3. The highest BCUT2D eigenvalue weighted by molar-refractivity contribution is 6.08. The van der Waals surface area contributed by atoms with Crippen LogP contribution >= 0.6 is 0 Å². The largest absolute Gasteiger partial charge is 0.494 e. The van der Waals surface area contributed by atoms with Gasteiger partial charge in [0.15, 0.2) is 5.78 Å². The average Bonchev–Trinajstić information content (AvgIpc) is 2.61. The molecular weight excluding hydrogens is 342 g/mol. The van der Waals surface area contributed by atoms with E-state index in [1.165, 1.54) is 0 Å². The lowest BCUT2D eigenvalue weighted by molar-refractivity contribution is 0.0917. The zero-order valence-electron chi connectivity index (χ0n) is 16.0. The number of aliphatic hydroxyl groups excluding tert-OH is 2. The topological polar surface area (TPSA) is 92.8 Å². The van der Waals surface area contributed by atoms with Gasteiger partial charge in [0.1, 0.15) is 5.75 Å². The maximum absolute atomic E-state index is 12.4. The van der Waals surface area contributed by atoms with E-state index in [4.69, 9.17) is 10.5 Å². The van der Waals surface area contributed by atoms with Crippen LogP contribution in [0.3, 0.4) is 0 Å². The summed E-state index contributed by atoms with van der Waals surface area (Å²) in [5.74, 6) is 0.619. The highest BCUT2D eigenvalue weighted by atomic mass is 16.5. The molecule has 2 unspecified atom stereocenters. The highest BCUT2D eigenvalue weighted by Gasteiger charge is 2.28. The van der Waals surface area contributed by atoms with Crippen LogP contribution in [-0.2, 0) is 0 Å². The van der Waals surface area contributed by atoms with Gasteiger partial charge in [0, 0.05) is 16.7 Å². The molecule has 2 aromatic carbocycles. The van der Waals surface area contributed by atoms with E-state index in [0.29, 0.717) is 42.7 Å². The van der Waals surface area contributed by atoms with E-state index < -0.39 is 17.7 Å². The summed E-state index contributed by atoms with van der Waals surface area (Å²) >= 11 is 0. The predicted molar refractivity (Wildman–Crippen MR) is 106 cm³/mol. The third-order valence-electron chi connectivity index (χ3n) is 4.43. The molecule has 2 rings (SSSR count). The van der Waals surface area contributed by atoms with E-state index in [-0.39, 0.29) is 5.78 Å². The van der Waals surface area contributed by atoms with Gasteiger partial charge in [-0.25, -0.2) is 0 Å². The molecule has 2 atom stereocenters. The van der Waals surface area contributed by atoms with Gasteiger partial charge in [-0.05, 0) is 57.4 Å². The molecule has 0 saturated carbocycles. The Morgan fingerprint density at radius 1 is 0.963 bits per heavy atom. The quantitative estimate of drug-likeness (QED) is 0.559. The van der Waals surface area contributed by atoms with E-state index in [2.05, 4.69) is 0 Å². The van der Waals surface area contributed by atoms with E-state index in [1.54, 1.807) is 50.2 Å². The maximum atomic E-state index is 12.4. The summed E-state index contributed by atoms with van der Waals surface area (Å²) in [6.45, 7) is 3.74. The molecule has 0 amide bonds. The van der Waals surface area contributed by atoms with E-state index in [9.17, 15) is 15.0 Å². The zero-order valence-corrected chi connectivity index (χ0v) is 16.0. The smallest absolute Gasteiger partial charge is 0.193 e. The minimum Gasteiger partial charge on any atom is -0.494 e. The van der Waals surface area contributed by atoms with Gasteiger partial charge in [0.2, 0.25) is 0 Å². The molecule has 146 valence electrons. The number of ketones is 1. The normalized spacial score (nSPS) is 15.6. The molecule has 5 nitrogen and oxygen atoms in total. The number of hydrogen-bond acceptors (Lipinski definition) is 5. The second-order valence-corrected chi connectivity index (χ2v) is 7.29. The van der Waals surface area contributed by atoms with Crippen molar-refractivity contribution in [1.82, 2.24) is 0 Å². The average molecular weight is 371 g/mol. The fraction of sp³-hybridized carbons (Fsp3) is 0.409. The first-order valence-corrected chi connectivity index (χ1v) is 9.27. The monoisotopic (exact) mass is 371 g/mol. The Balaban J connectivity index is 1.93. The van der Waals surface area contributed by atoms with Gasteiger partial charge in [-0.15, -0.1) is 0 Å². The number of ether oxygens (including phenoxy) is 1. The number of aliphatic hydroxyl groups is 2. The molecule has 2 aromatic rings. The Morgan fingerprint density at radius 2 is 1.48 bits per heavy atom. The number of rotatable bonds is 10. The first-order valence-electron chi connectivity index (χ1n) is 9.27. The molecule has 0 fully saturated rings. The second kappa shape index (κ2) is 9.65. The molecule has 5 heteroatoms. The maximum Gasteiger partial charge on any atom is 0.193 e. The van der Waals surface area contributed by atoms with Crippen LogP contribution in [0.4, 0.5) is 0 Å². The molecule has 4 N–H and O–H groups in total. The van der Waals surface area contributed by atoms with Crippen molar-refractivity contribution < 1.29 is 19.7 Å². The minimum absolute atomic E-state index is 0.0306. The minimum atomic E-state index is -0.689. The van der Waals surface area contributed by atoms with Gasteiger partial charge >= 0.3 is 0 Å². The summed E-state index contributed by atoms with van der Waals surface area (Å²) in [7, 11) is 0. The molecule has 0 aromatic heterocycles. The van der Waals surface area contributed by atoms with Crippen molar-refractivity contribution >= 4 is 5.78 Å². The van der Waals surface area contributed by atoms with Gasteiger partial charge in [-0.2, -0.15) is 0 Å². The molecule has 0 radical (unpaired) electrons. The Kier molecular flexibility index (Phi) is 7.54. The summed E-state index contributed by atoms with van der Waals surface area (Å²) in [6.07, 6.45) is 0.208. The number of carbonyl (C=O) groups is 1. The molecule has 0 aliphatic heterocycles. The summed E-state index contributed by atoms with van der Waals surface area (Å²) in [4.78, 5) is 12.4. The first kappa shape index (κ1) is 21.1. The van der Waals surface area contributed by atoms with Crippen LogP contribution in [0.2, 0.25) is 0 Å². The van der Waals surface area contributed by atoms with Gasteiger partial charge in [-0.1, -0.05) is 30.3 Å². The molecule has 0 bridgehead atoms. The molecule has 0 heterocycles. The lowest BCUT2D eigenvalue weighted by Crippen LogP contribution is -2.46. The van der Waals surface area contributed by atoms with E-state index in [0.717, 1.165) is 0 Å². The van der Waals surface area contributed by atoms with E-state index >= 15 is 0 Å². The van der Waals surface area contributed by atoms with Crippen molar-refractivity contribution in [3.63, 3.8) is 0 Å². The Bertz CT molecular complexity index is 701. The summed E-state index contributed by atoms with van der Waals surface area (Å²) in [5.41, 5.74) is 6.91. The van der Waals surface area contributed by atoms with Gasteiger partial charge < -0.3 is 20.7 Å². The van der Waals surface area contributed by atoms with Crippen LogP contribution < -0.4 is 10.5 Å². The number of nitrogens with two attached hydrogens (primary N) is 1. The van der Waals surface area contributed by atoms with Gasteiger partial charge in [0.05, 0.1) is 18.8 Å². The van der Waals surface area contributed by atoms with Crippen LogP contribution in [0, 0.1) is 0 Å². The van der Waals surface area contributed by atoms with Crippen molar-refractivity contribution in [2.24, 2.45) is 5.73 Å². The molecule has 0 aliphatic carbocycles. The van der Waals surface area contributed by atoms with Crippen molar-refractivity contribution in [3.05, 3.63) is 65.7 Å². The van der Waals surface area contributed by atoms with Crippen molar-refractivity contribution in [3.8, 4) is 5.75 Å². The highest BCUT2D eigenvalue weighted by Crippen LogP contribution is 2.22. The fourth-order valence-electron chi connectivity index (χ4n) is 3.29. The van der Waals surface area contributed by atoms with Crippen molar-refractivity contribution in [2.45, 2.75) is 50.9 Å². The molecule has 0 spiro atoms. The van der Waals surface area contributed by atoms with Crippen LogP contribution in [0.25, 0.3) is 0 Å². The number of benzene rings is 2. The Morgan fingerprint density at radius 3 is 2.00 bits per heavy atom. The van der Waals surface area contributed by atoms with Crippen LogP contribution in [-0.4, -0.2) is 40.4 Å². The number of hydrogen-bond donors (Lipinski definition) is 3. The Hall–Kier alpha value is -2.21. The van der Waals surface area contributed by atoms with Crippen LogP contribution in [0.1, 0.15) is 49.0 Å². The molecule has 0 aliphatic rings. The third kappa shape index (κ3) is 6.79. The van der Waals surface area contributed by atoms with E-state index in [1.807, 2.05) is 18.2 Å².